The lowest BCUT2D eigenvalue weighted by Crippen LogP contribution is -2.23. The average Bonchev–Trinajstić information content (AvgIpc) is 3.44. The van der Waals surface area contributed by atoms with Crippen LogP contribution in [0.5, 0.6) is 0 Å². The third-order valence-electron chi connectivity index (χ3n) is 6.07. The lowest BCUT2D eigenvalue weighted by Gasteiger charge is -2.19. The molecule has 0 aliphatic carbocycles. The van der Waals surface area contributed by atoms with Gasteiger partial charge in [-0.3, -0.25) is 4.79 Å². The SMILES string of the molecule is Cc1nccn1-c1ccc(CNC(=O)c2ccc(CN3CCc4ccccc43)cc2)cc1. The molecule has 4 aromatic rings. The van der Waals surface area contributed by atoms with Crippen molar-refractivity contribution in [3.8, 4) is 5.69 Å². The molecule has 2 heterocycles. The van der Waals surface area contributed by atoms with E-state index in [1.807, 2.05) is 54.1 Å². The van der Waals surface area contributed by atoms with Crippen LogP contribution >= 0.6 is 0 Å². The maximum Gasteiger partial charge on any atom is 0.251 e. The first kappa shape index (κ1) is 20.1. The second-order valence-electron chi connectivity index (χ2n) is 8.19. The number of nitrogens with zero attached hydrogens (tertiary/aromatic N) is 3. The summed E-state index contributed by atoms with van der Waals surface area (Å²) in [5, 5.41) is 3.02. The van der Waals surface area contributed by atoms with Gasteiger partial charge in [0.05, 0.1) is 0 Å². The molecule has 1 N–H and O–H groups in total. The molecule has 0 atom stereocenters. The van der Waals surface area contributed by atoms with Crippen molar-refractivity contribution in [3.05, 3.63) is 113 Å². The normalized spacial score (nSPS) is 12.6. The van der Waals surface area contributed by atoms with E-state index in [1.165, 1.54) is 16.8 Å². The van der Waals surface area contributed by atoms with Crippen molar-refractivity contribution < 1.29 is 4.79 Å². The summed E-state index contributed by atoms with van der Waals surface area (Å²) in [7, 11) is 0. The fraction of sp³-hybridized carbons (Fsp3) is 0.185. The van der Waals surface area contributed by atoms with E-state index in [0.717, 1.165) is 36.6 Å². The van der Waals surface area contributed by atoms with Crippen molar-refractivity contribution in [2.75, 3.05) is 11.4 Å². The Morgan fingerprint density at radius 1 is 0.969 bits per heavy atom. The van der Waals surface area contributed by atoms with E-state index in [1.54, 1.807) is 6.20 Å². The average molecular weight is 423 g/mol. The largest absolute Gasteiger partial charge is 0.367 e. The number of carbonyl (C=O) groups is 1. The van der Waals surface area contributed by atoms with Crippen LogP contribution in [-0.4, -0.2) is 22.0 Å². The Morgan fingerprint density at radius 2 is 1.72 bits per heavy atom. The minimum Gasteiger partial charge on any atom is -0.367 e. The summed E-state index contributed by atoms with van der Waals surface area (Å²) in [5.41, 5.74) is 6.75. The summed E-state index contributed by atoms with van der Waals surface area (Å²) in [6, 6.07) is 24.7. The Bertz CT molecular complexity index is 1230. The predicted octanol–water partition coefficient (Wildman–Crippen LogP) is 4.67. The van der Waals surface area contributed by atoms with Gasteiger partial charge in [0.25, 0.3) is 5.91 Å². The van der Waals surface area contributed by atoms with Gasteiger partial charge in [-0.05, 0) is 60.4 Å². The van der Waals surface area contributed by atoms with E-state index >= 15 is 0 Å². The van der Waals surface area contributed by atoms with Crippen molar-refractivity contribution in [1.82, 2.24) is 14.9 Å². The summed E-state index contributed by atoms with van der Waals surface area (Å²) in [6.45, 7) is 4.38. The zero-order valence-corrected chi connectivity index (χ0v) is 18.2. The first-order valence-corrected chi connectivity index (χ1v) is 11.0. The van der Waals surface area contributed by atoms with Crippen LogP contribution in [0.1, 0.15) is 32.9 Å². The summed E-state index contributed by atoms with van der Waals surface area (Å²) in [6.07, 6.45) is 4.83. The van der Waals surface area contributed by atoms with E-state index < -0.39 is 0 Å². The molecular formula is C27H26N4O. The molecule has 1 aromatic heterocycles. The van der Waals surface area contributed by atoms with Gasteiger partial charge in [-0.25, -0.2) is 4.98 Å². The summed E-state index contributed by atoms with van der Waals surface area (Å²) in [4.78, 5) is 19.3. The third-order valence-corrected chi connectivity index (χ3v) is 6.07. The number of nitrogens with one attached hydrogen (secondary N) is 1. The lowest BCUT2D eigenvalue weighted by atomic mass is 10.1. The van der Waals surface area contributed by atoms with Crippen molar-refractivity contribution >= 4 is 11.6 Å². The highest BCUT2D eigenvalue weighted by molar-refractivity contribution is 5.94. The maximum atomic E-state index is 12.6. The topological polar surface area (TPSA) is 50.2 Å². The zero-order valence-electron chi connectivity index (χ0n) is 18.2. The van der Waals surface area contributed by atoms with Gasteiger partial charge in [-0.1, -0.05) is 42.5 Å². The second-order valence-corrected chi connectivity index (χ2v) is 8.19. The Balaban J connectivity index is 1.17. The number of anilines is 1. The standard InChI is InChI=1S/C27H26N4O/c1-20-28-15-17-31(20)25-12-8-21(9-13-25)18-29-27(32)24-10-6-22(7-11-24)19-30-16-14-23-4-2-3-5-26(23)30/h2-13,15,17H,14,16,18-19H2,1H3,(H,29,32). The molecule has 1 amide bonds. The molecule has 0 bridgehead atoms. The summed E-state index contributed by atoms with van der Waals surface area (Å²) in [5.74, 6) is 0.890. The van der Waals surface area contributed by atoms with Crippen LogP contribution in [0.15, 0.2) is 85.2 Å². The van der Waals surface area contributed by atoms with E-state index in [0.29, 0.717) is 12.1 Å². The highest BCUT2D eigenvalue weighted by atomic mass is 16.1. The molecule has 0 fully saturated rings. The Kier molecular flexibility index (Phi) is 5.46. The van der Waals surface area contributed by atoms with Crippen LogP contribution in [-0.2, 0) is 19.5 Å². The zero-order chi connectivity index (χ0) is 21.9. The number of amides is 1. The third kappa shape index (κ3) is 4.14. The molecule has 0 saturated heterocycles. The molecule has 0 spiro atoms. The van der Waals surface area contributed by atoms with Crippen molar-refractivity contribution in [3.63, 3.8) is 0 Å². The number of rotatable bonds is 6. The molecule has 3 aromatic carbocycles. The van der Waals surface area contributed by atoms with Crippen LogP contribution in [0.2, 0.25) is 0 Å². The van der Waals surface area contributed by atoms with Crippen LogP contribution in [0.25, 0.3) is 5.69 Å². The molecule has 1 aliphatic heterocycles. The molecule has 5 nitrogen and oxygen atoms in total. The van der Waals surface area contributed by atoms with Gasteiger partial charge in [-0.2, -0.15) is 0 Å². The minimum atomic E-state index is -0.0578. The van der Waals surface area contributed by atoms with Crippen LogP contribution in [0.3, 0.4) is 0 Å². The first-order chi connectivity index (χ1) is 15.7. The number of aromatic nitrogens is 2. The van der Waals surface area contributed by atoms with E-state index in [2.05, 4.69) is 51.6 Å². The van der Waals surface area contributed by atoms with E-state index in [-0.39, 0.29) is 5.91 Å². The summed E-state index contributed by atoms with van der Waals surface area (Å²) >= 11 is 0. The van der Waals surface area contributed by atoms with Gasteiger partial charge in [0.1, 0.15) is 5.82 Å². The van der Waals surface area contributed by atoms with Crippen LogP contribution < -0.4 is 10.2 Å². The monoisotopic (exact) mass is 422 g/mol. The first-order valence-electron chi connectivity index (χ1n) is 11.0. The number of para-hydroxylation sites is 1. The number of fused-ring (bicyclic) bond motifs is 1. The molecule has 5 heteroatoms. The van der Waals surface area contributed by atoms with Crippen molar-refractivity contribution in [1.29, 1.82) is 0 Å². The van der Waals surface area contributed by atoms with Gasteiger partial charge in [0.15, 0.2) is 0 Å². The molecule has 5 rings (SSSR count). The molecular weight excluding hydrogens is 396 g/mol. The summed E-state index contributed by atoms with van der Waals surface area (Å²) < 4.78 is 2.03. The number of aryl methyl sites for hydroxylation is 1. The van der Waals surface area contributed by atoms with Gasteiger partial charge < -0.3 is 14.8 Å². The Morgan fingerprint density at radius 3 is 2.47 bits per heavy atom. The van der Waals surface area contributed by atoms with Crippen molar-refractivity contribution in [2.24, 2.45) is 0 Å². The molecule has 160 valence electrons. The lowest BCUT2D eigenvalue weighted by molar-refractivity contribution is 0.0951. The number of carbonyl (C=O) groups excluding carboxylic acids is 1. The number of hydrogen-bond acceptors (Lipinski definition) is 3. The van der Waals surface area contributed by atoms with Gasteiger partial charge >= 0.3 is 0 Å². The maximum absolute atomic E-state index is 12.6. The second kappa shape index (κ2) is 8.71. The fourth-order valence-electron chi connectivity index (χ4n) is 4.26. The van der Waals surface area contributed by atoms with E-state index in [9.17, 15) is 4.79 Å². The smallest absolute Gasteiger partial charge is 0.251 e. The van der Waals surface area contributed by atoms with Crippen LogP contribution in [0.4, 0.5) is 5.69 Å². The molecule has 0 unspecified atom stereocenters. The molecule has 0 saturated carbocycles. The molecule has 32 heavy (non-hydrogen) atoms. The molecule has 0 radical (unpaired) electrons. The Hall–Kier alpha value is -3.86. The van der Waals surface area contributed by atoms with E-state index in [4.69, 9.17) is 0 Å². The highest BCUT2D eigenvalue weighted by Crippen LogP contribution is 2.28. The van der Waals surface area contributed by atoms with Gasteiger partial charge in [-0.15, -0.1) is 0 Å². The van der Waals surface area contributed by atoms with Crippen LogP contribution in [0, 0.1) is 6.92 Å². The number of benzene rings is 3. The Labute approximate surface area is 188 Å². The predicted molar refractivity (Wildman–Crippen MR) is 127 cm³/mol. The quantitative estimate of drug-likeness (QED) is 0.491. The highest BCUT2D eigenvalue weighted by Gasteiger charge is 2.18. The van der Waals surface area contributed by atoms with Gasteiger partial charge in [0, 0.05) is 49.0 Å². The fourth-order valence-corrected chi connectivity index (χ4v) is 4.26. The number of hydrogen-bond donors (Lipinski definition) is 1. The van der Waals surface area contributed by atoms with Gasteiger partial charge in [0.2, 0.25) is 0 Å². The molecule has 1 aliphatic rings. The van der Waals surface area contributed by atoms with Crippen molar-refractivity contribution in [2.45, 2.75) is 26.4 Å². The minimum absolute atomic E-state index is 0.0578. The number of imidazole rings is 1.